The number of imide groups is 1. The zero-order valence-electron chi connectivity index (χ0n) is 16.4. The number of likely N-dealkylation sites (tertiary alicyclic amines) is 1. The number of guanidine groups is 1. The number of carbonyl (C=O) groups excluding carboxylic acids is 3. The molecule has 3 rings (SSSR count). The molecule has 3 fully saturated rings. The molecule has 28 heavy (non-hydrogen) atoms. The average Bonchev–Trinajstić information content (AvgIpc) is 3.31. The van der Waals surface area contributed by atoms with Gasteiger partial charge in [-0.2, -0.15) is 0 Å². The summed E-state index contributed by atoms with van der Waals surface area (Å²) in [7, 11) is 1.72. The SMILES string of the molecule is CN=C(NCCN1C(=O)CNC1=O)N1CCN(CC(=O)N2CCCC2)CC1.I. The molecule has 0 atom stereocenters. The van der Waals surface area contributed by atoms with E-state index in [1.165, 1.54) is 4.90 Å². The van der Waals surface area contributed by atoms with Crippen LogP contribution in [0.4, 0.5) is 4.79 Å². The zero-order valence-corrected chi connectivity index (χ0v) is 18.7. The first-order valence-corrected chi connectivity index (χ1v) is 9.62. The van der Waals surface area contributed by atoms with E-state index in [0.717, 1.165) is 58.1 Å². The maximum atomic E-state index is 12.3. The largest absolute Gasteiger partial charge is 0.354 e. The Morgan fingerprint density at radius 2 is 1.75 bits per heavy atom. The summed E-state index contributed by atoms with van der Waals surface area (Å²) in [6.07, 6.45) is 2.23. The number of nitrogens with one attached hydrogen (secondary N) is 2. The normalized spacial score (nSPS) is 21.0. The van der Waals surface area contributed by atoms with E-state index >= 15 is 0 Å². The summed E-state index contributed by atoms with van der Waals surface area (Å²) in [4.78, 5) is 47.2. The lowest BCUT2D eigenvalue weighted by atomic mass is 10.3. The van der Waals surface area contributed by atoms with Crippen molar-refractivity contribution in [2.45, 2.75) is 12.8 Å². The minimum Gasteiger partial charge on any atom is -0.354 e. The molecule has 3 aliphatic heterocycles. The van der Waals surface area contributed by atoms with E-state index in [1.807, 2.05) is 4.90 Å². The smallest absolute Gasteiger partial charge is 0.324 e. The summed E-state index contributed by atoms with van der Waals surface area (Å²) in [6, 6.07) is -0.340. The van der Waals surface area contributed by atoms with E-state index in [2.05, 4.69) is 25.4 Å². The standard InChI is InChI=1S/C17H29N7O3.HI/c1-18-16(19-4-7-24-14(25)12-20-17(24)27)23-10-8-21(9-11-23)13-15(26)22-5-2-3-6-22;/h2-13H2,1H3,(H,18,19)(H,20,27);1H. The van der Waals surface area contributed by atoms with Crippen LogP contribution in [-0.2, 0) is 9.59 Å². The summed E-state index contributed by atoms with van der Waals surface area (Å²) in [5.74, 6) is 0.789. The van der Waals surface area contributed by atoms with Crippen molar-refractivity contribution in [1.29, 1.82) is 0 Å². The summed E-state index contributed by atoms with van der Waals surface area (Å²) < 4.78 is 0. The van der Waals surface area contributed by atoms with Gasteiger partial charge in [0.1, 0.15) is 0 Å². The van der Waals surface area contributed by atoms with E-state index in [0.29, 0.717) is 19.6 Å². The lowest BCUT2D eigenvalue weighted by molar-refractivity contribution is -0.131. The molecule has 10 nitrogen and oxygen atoms in total. The van der Waals surface area contributed by atoms with Gasteiger partial charge in [0.25, 0.3) is 0 Å². The summed E-state index contributed by atoms with van der Waals surface area (Å²) in [5.41, 5.74) is 0. The van der Waals surface area contributed by atoms with Crippen molar-refractivity contribution in [3.63, 3.8) is 0 Å². The topological polar surface area (TPSA) is 101 Å². The van der Waals surface area contributed by atoms with Gasteiger partial charge in [0.05, 0.1) is 13.1 Å². The predicted octanol–water partition coefficient (Wildman–Crippen LogP) is -1.03. The van der Waals surface area contributed by atoms with Gasteiger partial charge in [-0.1, -0.05) is 0 Å². The molecule has 0 aromatic heterocycles. The van der Waals surface area contributed by atoms with E-state index in [9.17, 15) is 14.4 Å². The first-order chi connectivity index (χ1) is 13.1. The van der Waals surface area contributed by atoms with Crippen LogP contribution in [-0.4, -0.2) is 116 Å². The minimum atomic E-state index is -0.340. The number of hydrogen-bond acceptors (Lipinski definition) is 5. The summed E-state index contributed by atoms with van der Waals surface area (Å²) in [6.45, 7) is 6.33. The first-order valence-electron chi connectivity index (χ1n) is 9.62. The third kappa shape index (κ3) is 5.69. The average molecular weight is 507 g/mol. The number of piperazine rings is 1. The van der Waals surface area contributed by atoms with Crippen molar-refractivity contribution >= 4 is 47.8 Å². The number of carbonyl (C=O) groups is 3. The summed E-state index contributed by atoms with van der Waals surface area (Å²) in [5, 5.41) is 5.72. The maximum absolute atomic E-state index is 12.3. The molecule has 11 heteroatoms. The molecule has 3 aliphatic rings. The number of hydrogen-bond donors (Lipinski definition) is 2. The zero-order chi connectivity index (χ0) is 19.2. The molecule has 0 aliphatic carbocycles. The Morgan fingerprint density at radius 3 is 2.32 bits per heavy atom. The van der Waals surface area contributed by atoms with Crippen molar-refractivity contribution in [2.75, 3.05) is 72.5 Å². The quantitative estimate of drug-likeness (QED) is 0.214. The Bertz CT molecular complexity index is 586. The van der Waals surface area contributed by atoms with Crippen molar-refractivity contribution in [3.05, 3.63) is 0 Å². The van der Waals surface area contributed by atoms with Crippen LogP contribution >= 0.6 is 24.0 Å². The minimum absolute atomic E-state index is 0. The molecule has 4 amide bonds. The van der Waals surface area contributed by atoms with Gasteiger partial charge in [-0.25, -0.2) is 4.79 Å². The Hall–Kier alpha value is -1.63. The van der Waals surface area contributed by atoms with Gasteiger partial charge in [0.2, 0.25) is 11.8 Å². The fourth-order valence-electron chi connectivity index (χ4n) is 3.67. The monoisotopic (exact) mass is 507 g/mol. The van der Waals surface area contributed by atoms with Crippen LogP contribution < -0.4 is 10.6 Å². The molecule has 2 N–H and O–H groups in total. The number of amides is 4. The number of halogens is 1. The second kappa shape index (κ2) is 10.8. The Balaban J connectivity index is 0.00000280. The van der Waals surface area contributed by atoms with Crippen molar-refractivity contribution in [1.82, 2.24) is 30.2 Å². The van der Waals surface area contributed by atoms with E-state index < -0.39 is 0 Å². The van der Waals surface area contributed by atoms with Crippen molar-refractivity contribution < 1.29 is 14.4 Å². The van der Waals surface area contributed by atoms with E-state index in [-0.39, 0.29) is 48.4 Å². The number of urea groups is 1. The number of aliphatic imine (C=N–C) groups is 1. The lowest BCUT2D eigenvalue weighted by Crippen LogP contribution is -2.54. The highest BCUT2D eigenvalue weighted by Gasteiger charge is 2.28. The second-order valence-electron chi connectivity index (χ2n) is 7.03. The Kier molecular flexibility index (Phi) is 8.73. The van der Waals surface area contributed by atoms with Gasteiger partial charge in [-0.15, -0.1) is 24.0 Å². The van der Waals surface area contributed by atoms with Crippen LogP contribution in [0.5, 0.6) is 0 Å². The first kappa shape index (κ1) is 22.7. The van der Waals surface area contributed by atoms with Crippen LogP contribution in [0.1, 0.15) is 12.8 Å². The molecule has 0 radical (unpaired) electrons. The molecule has 0 unspecified atom stereocenters. The predicted molar refractivity (Wildman–Crippen MR) is 116 cm³/mol. The fourth-order valence-corrected chi connectivity index (χ4v) is 3.67. The highest BCUT2D eigenvalue weighted by atomic mass is 127. The third-order valence-electron chi connectivity index (χ3n) is 5.26. The molecule has 3 saturated heterocycles. The van der Waals surface area contributed by atoms with Gasteiger partial charge in [0.15, 0.2) is 5.96 Å². The molecule has 0 aromatic carbocycles. The Morgan fingerprint density at radius 1 is 1.07 bits per heavy atom. The van der Waals surface area contributed by atoms with Gasteiger partial charge in [-0.05, 0) is 12.8 Å². The number of nitrogens with zero attached hydrogens (tertiary/aromatic N) is 5. The lowest BCUT2D eigenvalue weighted by Gasteiger charge is -2.36. The molecule has 0 aromatic rings. The van der Waals surface area contributed by atoms with Gasteiger partial charge in [-0.3, -0.25) is 24.4 Å². The Labute approximate surface area is 182 Å². The van der Waals surface area contributed by atoms with Crippen LogP contribution in [0.3, 0.4) is 0 Å². The van der Waals surface area contributed by atoms with Gasteiger partial charge < -0.3 is 20.4 Å². The molecule has 0 spiro atoms. The second-order valence-corrected chi connectivity index (χ2v) is 7.03. The van der Waals surface area contributed by atoms with Crippen LogP contribution in [0.25, 0.3) is 0 Å². The molecule has 0 saturated carbocycles. The summed E-state index contributed by atoms with van der Waals surface area (Å²) >= 11 is 0. The molecule has 3 heterocycles. The highest BCUT2D eigenvalue weighted by Crippen LogP contribution is 2.09. The molecular formula is C17H30IN7O3. The van der Waals surface area contributed by atoms with E-state index in [1.54, 1.807) is 7.05 Å². The van der Waals surface area contributed by atoms with Crippen LogP contribution in [0.15, 0.2) is 4.99 Å². The number of rotatable bonds is 5. The van der Waals surface area contributed by atoms with E-state index in [4.69, 9.17) is 0 Å². The fraction of sp³-hybridized carbons (Fsp3) is 0.765. The van der Waals surface area contributed by atoms with Gasteiger partial charge >= 0.3 is 6.03 Å². The van der Waals surface area contributed by atoms with Crippen LogP contribution in [0, 0.1) is 0 Å². The highest BCUT2D eigenvalue weighted by molar-refractivity contribution is 14.0. The molecule has 0 bridgehead atoms. The molecular weight excluding hydrogens is 477 g/mol. The molecule has 158 valence electrons. The van der Waals surface area contributed by atoms with Crippen molar-refractivity contribution in [2.24, 2.45) is 4.99 Å². The van der Waals surface area contributed by atoms with Gasteiger partial charge in [0, 0.05) is 59.4 Å². The van der Waals surface area contributed by atoms with Crippen LogP contribution in [0.2, 0.25) is 0 Å². The van der Waals surface area contributed by atoms with Crippen molar-refractivity contribution in [3.8, 4) is 0 Å². The third-order valence-corrected chi connectivity index (χ3v) is 5.26. The maximum Gasteiger partial charge on any atom is 0.324 e.